The summed E-state index contributed by atoms with van der Waals surface area (Å²) in [5.74, 6) is 0.426. The quantitative estimate of drug-likeness (QED) is 0.790. The lowest BCUT2D eigenvalue weighted by Crippen LogP contribution is -2.14. The molecule has 5 heteroatoms. The Morgan fingerprint density at radius 3 is 2.69 bits per heavy atom. The van der Waals surface area contributed by atoms with Gasteiger partial charge in [0.1, 0.15) is 5.52 Å². The average Bonchev–Trinajstić information content (AvgIpc) is 2.28. The second-order valence-corrected chi connectivity index (χ2v) is 3.82. The fourth-order valence-corrected chi connectivity index (χ4v) is 1.60. The van der Waals surface area contributed by atoms with Crippen LogP contribution < -0.4 is 11.1 Å². The van der Waals surface area contributed by atoms with Gasteiger partial charge >= 0.3 is 0 Å². The number of aromatic nitrogens is 3. The first-order valence-electron chi connectivity index (χ1n) is 5.18. The third-order valence-corrected chi connectivity index (χ3v) is 2.65. The van der Waals surface area contributed by atoms with Gasteiger partial charge in [0.05, 0.1) is 11.2 Å². The number of nitrogens with two attached hydrogens (primary N) is 1. The van der Waals surface area contributed by atoms with Gasteiger partial charge in [-0.15, -0.1) is 0 Å². The Balaban J connectivity index is 2.75. The molecule has 0 saturated carbocycles. The molecule has 0 aliphatic carbocycles. The van der Waals surface area contributed by atoms with E-state index in [1.54, 1.807) is 12.4 Å². The molecule has 1 unspecified atom stereocenters. The second-order valence-electron chi connectivity index (χ2n) is 3.82. The Morgan fingerprint density at radius 2 is 2.00 bits per heavy atom. The molecule has 0 bridgehead atoms. The zero-order chi connectivity index (χ0) is 11.7. The number of nitrogens with zero attached hydrogens (tertiary/aromatic N) is 3. The zero-order valence-electron chi connectivity index (χ0n) is 9.65. The summed E-state index contributed by atoms with van der Waals surface area (Å²) in [5, 5.41) is 3.16. The molecule has 0 saturated heterocycles. The molecule has 2 aromatic rings. The maximum absolute atomic E-state index is 5.78. The lowest BCUT2D eigenvalue weighted by Gasteiger charge is -2.13. The minimum Gasteiger partial charge on any atom is -0.382 e. The van der Waals surface area contributed by atoms with E-state index in [9.17, 15) is 0 Å². The smallest absolute Gasteiger partial charge is 0.151 e. The van der Waals surface area contributed by atoms with Crippen molar-refractivity contribution in [3.05, 3.63) is 23.7 Å². The molecule has 5 nitrogen and oxygen atoms in total. The number of pyridine rings is 1. The molecule has 16 heavy (non-hydrogen) atoms. The molecule has 84 valence electrons. The average molecular weight is 217 g/mol. The van der Waals surface area contributed by atoms with E-state index in [0.717, 1.165) is 16.8 Å². The lowest BCUT2D eigenvalue weighted by molar-refractivity contribution is 0.653. The van der Waals surface area contributed by atoms with Crippen LogP contribution in [-0.2, 0) is 0 Å². The number of hydrogen-bond donors (Lipinski definition) is 2. The van der Waals surface area contributed by atoms with Crippen molar-refractivity contribution in [1.82, 2.24) is 20.3 Å². The Kier molecular flexibility index (Phi) is 2.70. The predicted molar refractivity (Wildman–Crippen MR) is 64.0 cm³/mol. The molecular formula is C11H15N5. The number of fused-ring (bicyclic) bond motifs is 1. The number of nitrogen functional groups attached to an aromatic ring is 1. The number of aryl methyl sites for hydroxylation is 1. The summed E-state index contributed by atoms with van der Waals surface area (Å²) >= 11 is 0. The van der Waals surface area contributed by atoms with Gasteiger partial charge in [-0.1, -0.05) is 0 Å². The number of nitrogens with one attached hydrogen (secondary N) is 1. The highest BCUT2D eigenvalue weighted by atomic mass is 14.9. The van der Waals surface area contributed by atoms with Crippen molar-refractivity contribution in [3.8, 4) is 0 Å². The van der Waals surface area contributed by atoms with E-state index in [2.05, 4.69) is 27.2 Å². The van der Waals surface area contributed by atoms with Crippen LogP contribution in [0.4, 0.5) is 5.82 Å². The summed E-state index contributed by atoms with van der Waals surface area (Å²) < 4.78 is 0. The molecule has 0 spiro atoms. The molecule has 0 fully saturated rings. The van der Waals surface area contributed by atoms with E-state index in [4.69, 9.17) is 5.73 Å². The number of hydrogen-bond acceptors (Lipinski definition) is 5. The maximum Gasteiger partial charge on any atom is 0.151 e. The molecule has 1 atom stereocenters. The molecule has 0 aliphatic rings. The monoisotopic (exact) mass is 217 g/mol. The molecule has 0 radical (unpaired) electrons. The highest BCUT2D eigenvalue weighted by molar-refractivity contribution is 5.86. The van der Waals surface area contributed by atoms with Gasteiger partial charge in [-0.05, 0) is 20.9 Å². The van der Waals surface area contributed by atoms with Crippen molar-refractivity contribution in [3.63, 3.8) is 0 Å². The fraction of sp³-hybridized carbons (Fsp3) is 0.364. The van der Waals surface area contributed by atoms with Crippen LogP contribution in [0.5, 0.6) is 0 Å². The van der Waals surface area contributed by atoms with Gasteiger partial charge in [-0.25, -0.2) is 15.0 Å². The highest BCUT2D eigenvalue weighted by Crippen LogP contribution is 2.23. The number of anilines is 1. The third-order valence-electron chi connectivity index (χ3n) is 2.65. The molecule has 2 rings (SSSR count). The van der Waals surface area contributed by atoms with Crippen LogP contribution in [0, 0.1) is 6.92 Å². The van der Waals surface area contributed by atoms with Crippen molar-refractivity contribution in [2.75, 3.05) is 12.8 Å². The number of rotatable bonds is 2. The van der Waals surface area contributed by atoms with E-state index >= 15 is 0 Å². The van der Waals surface area contributed by atoms with Crippen molar-refractivity contribution < 1.29 is 0 Å². The molecule has 0 amide bonds. The summed E-state index contributed by atoms with van der Waals surface area (Å²) in [7, 11) is 1.90. The van der Waals surface area contributed by atoms with Crippen molar-refractivity contribution in [2.45, 2.75) is 19.9 Å². The van der Waals surface area contributed by atoms with Gasteiger partial charge in [0.25, 0.3) is 0 Å². The summed E-state index contributed by atoms with van der Waals surface area (Å²) in [5.41, 5.74) is 9.18. The molecule has 0 aromatic carbocycles. The summed E-state index contributed by atoms with van der Waals surface area (Å²) in [6, 6.07) is 0.173. The van der Waals surface area contributed by atoms with Gasteiger partial charge in [-0.3, -0.25) is 0 Å². The minimum absolute atomic E-state index is 0.173. The van der Waals surface area contributed by atoms with E-state index in [-0.39, 0.29) is 6.04 Å². The third kappa shape index (κ3) is 1.69. The maximum atomic E-state index is 5.78. The Bertz CT molecular complexity index is 523. The van der Waals surface area contributed by atoms with Crippen LogP contribution in [0.3, 0.4) is 0 Å². The van der Waals surface area contributed by atoms with Crippen molar-refractivity contribution in [1.29, 1.82) is 0 Å². The summed E-state index contributed by atoms with van der Waals surface area (Å²) in [4.78, 5) is 12.9. The van der Waals surface area contributed by atoms with Gasteiger partial charge in [0.15, 0.2) is 5.82 Å². The Hall–Kier alpha value is -1.75. The lowest BCUT2D eigenvalue weighted by atomic mass is 10.1. The summed E-state index contributed by atoms with van der Waals surface area (Å²) in [6.45, 7) is 3.97. The molecular weight excluding hydrogens is 202 g/mol. The zero-order valence-corrected chi connectivity index (χ0v) is 9.65. The van der Waals surface area contributed by atoms with Crippen LogP contribution in [0.25, 0.3) is 11.0 Å². The predicted octanol–water partition coefficient (Wildman–Crippen LogP) is 1.20. The van der Waals surface area contributed by atoms with Crippen molar-refractivity contribution >= 4 is 16.9 Å². The Morgan fingerprint density at radius 1 is 1.25 bits per heavy atom. The van der Waals surface area contributed by atoms with E-state index < -0.39 is 0 Å². The van der Waals surface area contributed by atoms with Gasteiger partial charge in [-0.2, -0.15) is 0 Å². The molecule has 0 aliphatic heterocycles. The van der Waals surface area contributed by atoms with Crippen LogP contribution in [0.1, 0.15) is 24.2 Å². The standard InChI is InChI=1S/C11H15N5/c1-6-4-14-10-9(16-6)8(7(2)13-3)5-15-11(10)12/h4-5,7,13H,1-3H3,(H2,12,15). The summed E-state index contributed by atoms with van der Waals surface area (Å²) in [6.07, 6.45) is 3.46. The molecule has 2 aromatic heterocycles. The van der Waals surface area contributed by atoms with Crippen LogP contribution in [-0.4, -0.2) is 22.0 Å². The molecule has 2 heterocycles. The van der Waals surface area contributed by atoms with E-state index in [1.807, 2.05) is 14.0 Å². The second kappa shape index (κ2) is 4.02. The van der Waals surface area contributed by atoms with Crippen LogP contribution >= 0.6 is 0 Å². The first-order valence-corrected chi connectivity index (χ1v) is 5.18. The van der Waals surface area contributed by atoms with Crippen molar-refractivity contribution in [2.24, 2.45) is 0 Å². The SMILES string of the molecule is CNC(C)c1cnc(N)c2ncc(C)nc12. The normalized spacial score (nSPS) is 12.9. The van der Waals surface area contributed by atoms with Crippen LogP contribution in [0.15, 0.2) is 12.4 Å². The minimum atomic E-state index is 0.173. The largest absolute Gasteiger partial charge is 0.382 e. The Labute approximate surface area is 94.1 Å². The van der Waals surface area contributed by atoms with E-state index in [1.165, 1.54) is 0 Å². The van der Waals surface area contributed by atoms with Crippen LogP contribution in [0.2, 0.25) is 0 Å². The molecule has 3 N–H and O–H groups in total. The fourth-order valence-electron chi connectivity index (χ4n) is 1.60. The van der Waals surface area contributed by atoms with Gasteiger partial charge in [0.2, 0.25) is 0 Å². The first-order chi connectivity index (χ1) is 7.63. The van der Waals surface area contributed by atoms with Gasteiger partial charge < -0.3 is 11.1 Å². The first kappa shape index (κ1) is 10.8. The topological polar surface area (TPSA) is 76.7 Å². The van der Waals surface area contributed by atoms with E-state index in [0.29, 0.717) is 11.3 Å². The highest BCUT2D eigenvalue weighted by Gasteiger charge is 2.12. The van der Waals surface area contributed by atoms with Gasteiger partial charge in [0, 0.05) is 24.0 Å².